The van der Waals surface area contributed by atoms with Crippen LogP contribution in [0.25, 0.3) is 11.1 Å². The molecule has 2 aromatic rings. The molecule has 138 valence electrons. The number of methoxy groups -OCH3 is 1. The normalized spacial score (nSPS) is 18.0. The van der Waals surface area contributed by atoms with Crippen molar-refractivity contribution in [1.29, 1.82) is 0 Å². The van der Waals surface area contributed by atoms with Gasteiger partial charge >= 0.3 is 5.97 Å². The lowest BCUT2D eigenvalue weighted by molar-refractivity contribution is -0.127. The number of nitrogens with zero attached hydrogens (tertiary/aromatic N) is 3. The lowest BCUT2D eigenvalue weighted by Gasteiger charge is -2.56. The van der Waals surface area contributed by atoms with Crippen LogP contribution in [0.4, 0.5) is 10.1 Å². The first kappa shape index (κ1) is 17.0. The van der Waals surface area contributed by atoms with E-state index in [1.54, 1.807) is 12.3 Å². The maximum Gasteiger partial charge on any atom is 0.340 e. The highest BCUT2D eigenvalue weighted by Gasteiger charge is 2.49. The molecule has 0 aliphatic carbocycles. The number of hydrogen-bond donors (Lipinski definition) is 0. The van der Waals surface area contributed by atoms with Gasteiger partial charge in [-0.15, -0.1) is 0 Å². The number of ether oxygens (including phenoxy) is 2. The summed E-state index contributed by atoms with van der Waals surface area (Å²) in [6, 6.07) is 3.22. The second kappa shape index (κ2) is 6.09. The first-order chi connectivity index (χ1) is 12.4. The van der Waals surface area contributed by atoms with Gasteiger partial charge in [-0.2, -0.15) is 5.10 Å². The van der Waals surface area contributed by atoms with Gasteiger partial charge in [0.2, 0.25) is 0 Å². The fourth-order valence-electron chi connectivity index (χ4n) is 3.59. The van der Waals surface area contributed by atoms with Crippen LogP contribution in [0.3, 0.4) is 0 Å². The number of carbonyl (C=O) groups is 1. The number of benzene rings is 1. The summed E-state index contributed by atoms with van der Waals surface area (Å²) in [6.07, 6.45) is 3.67. The molecule has 0 saturated carbocycles. The summed E-state index contributed by atoms with van der Waals surface area (Å²) in [6.45, 7) is 7.25. The van der Waals surface area contributed by atoms with Crippen LogP contribution >= 0.6 is 0 Å². The Morgan fingerprint density at radius 3 is 2.62 bits per heavy atom. The van der Waals surface area contributed by atoms with Gasteiger partial charge in [-0.3, -0.25) is 4.68 Å². The summed E-state index contributed by atoms with van der Waals surface area (Å²) in [4.78, 5) is 14.1. The van der Waals surface area contributed by atoms with E-state index in [1.165, 1.54) is 13.2 Å². The summed E-state index contributed by atoms with van der Waals surface area (Å²) in [5.74, 6) is -1.25. The predicted molar refractivity (Wildman–Crippen MR) is 94.8 cm³/mol. The highest BCUT2D eigenvalue weighted by atomic mass is 19.1. The summed E-state index contributed by atoms with van der Waals surface area (Å²) in [5.41, 5.74) is 2.55. The lowest BCUT2D eigenvalue weighted by Crippen LogP contribution is -2.66. The monoisotopic (exact) mass is 359 g/mol. The average Bonchev–Trinajstić information content (AvgIpc) is 3.01. The van der Waals surface area contributed by atoms with Gasteiger partial charge in [0, 0.05) is 42.1 Å². The smallest absolute Gasteiger partial charge is 0.340 e. The number of carbonyl (C=O) groups excluding carboxylic acids is 1. The molecule has 0 atom stereocenters. The van der Waals surface area contributed by atoms with Crippen molar-refractivity contribution < 1.29 is 18.7 Å². The molecule has 1 spiro atoms. The number of anilines is 1. The first-order valence-corrected chi connectivity index (χ1v) is 8.71. The van der Waals surface area contributed by atoms with Crippen LogP contribution in [0.1, 0.15) is 30.2 Å². The van der Waals surface area contributed by atoms with Crippen molar-refractivity contribution in [2.75, 3.05) is 38.3 Å². The first-order valence-electron chi connectivity index (χ1n) is 8.71. The number of halogens is 1. The van der Waals surface area contributed by atoms with Gasteiger partial charge in [0.25, 0.3) is 0 Å². The largest absolute Gasteiger partial charge is 0.465 e. The van der Waals surface area contributed by atoms with Crippen molar-refractivity contribution in [2.45, 2.75) is 19.9 Å². The third kappa shape index (κ3) is 2.67. The van der Waals surface area contributed by atoms with Crippen LogP contribution < -0.4 is 4.90 Å². The van der Waals surface area contributed by atoms with E-state index in [9.17, 15) is 9.18 Å². The molecule has 3 heterocycles. The molecule has 6 nitrogen and oxygen atoms in total. The van der Waals surface area contributed by atoms with Crippen molar-refractivity contribution in [3.63, 3.8) is 0 Å². The Bertz CT molecular complexity index is 850. The quantitative estimate of drug-likeness (QED) is 0.786. The Kier molecular flexibility index (Phi) is 3.99. The standard InChI is InChI=1S/C19H22FN3O3/c1-12(2)23-7-13(6-21-23)14-4-15(18(24)25-3)16(20)5-17(14)22-8-19(9-22)10-26-11-19/h4-7,12H,8-11H2,1-3H3. The third-order valence-electron chi connectivity index (χ3n) is 5.14. The summed E-state index contributed by atoms with van der Waals surface area (Å²) in [5, 5.41) is 4.38. The van der Waals surface area contributed by atoms with E-state index in [2.05, 4.69) is 10.00 Å². The second-order valence-electron chi connectivity index (χ2n) is 7.49. The summed E-state index contributed by atoms with van der Waals surface area (Å²) in [7, 11) is 1.25. The number of rotatable bonds is 4. The van der Waals surface area contributed by atoms with Crippen molar-refractivity contribution in [3.8, 4) is 11.1 Å². The van der Waals surface area contributed by atoms with Gasteiger partial charge < -0.3 is 14.4 Å². The van der Waals surface area contributed by atoms with Crippen molar-refractivity contribution in [2.24, 2.45) is 5.41 Å². The van der Waals surface area contributed by atoms with Gasteiger partial charge in [0.05, 0.1) is 37.5 Å². The Labute approximate surface area is 151 Å². The lowest BCUT2D eigenvalue weighted by atomic mass is 9.77. The molecule has 2 aliphatic rings. The summed E-state index contributed by atoms with van der Waals surface area (Å²) >= 11 is 0. The third-order valence-corrected chi connectivity index (χ3v) is 5.14. The van der Waals surface area contributed by atoms with Gasteiger partial charge in [-0.05, 0) is 26.0 Å². The molecule has 26 heavy (non-hydrogen) atoms. The zero-order valence-electron chi connectivity index (χ0n) is 15.2. The zero-order valence-corrected chi connectivity index (χ0v) is 15.2. The predicted octanol–water partition coefficient (Wildman–Crippen LogP) is 2.89. The Balaban J connectivity index is 1.76. The molecule has 4 rings (SSSR count). The zero-order chi connectivity index (χ0) is 18.5. The fraction of sp³-hybridized carbons (Fsp3) is 0.474. The highest BCUT2D eigenvalue weighted by molar-refractivity contribution is 5.94. The van der Waals surface area contributed by atoms with Crippen LogP contribution in [-0.2, 0) is 9.47 Å². The topological polar surface area (TPSA) is 56.6 Å². The Hall–Kier alpha value is -2.41. The number of esters is 1. The molecule has 2 saturated heterocycles. The molecule has 1 aromatic carbocycles. The maximum absolute atomic E-state index is 14.6. The minimum atomic E-state index is -0.681. The van der Waals surface area contributed by atoms with E-state index < -0.39 is 11.8 Å². The maximum atomic E-state index is 14.6. The SMILES string of the molecule is COC(=O)c1cc(-c2cnn(C(C)C)c2)c(N2CC3(COC3)C2)cc1F. The molecule has 0 radical (unpaired) electrons. The molecular formula is C19H22FN3O3. The second-order valence-corrected chi connectivity index (χ2v) is 7.49. The Morgan fingerprint density at radius 2 is 2.08 bits per heavy atom. The molecule has 0 unspecified atom stereocenters. The van der Waals surface area contributed by atoms with Crippen LogP contribution in [0, 0.1) is 11.2 Å². The fourth-order valence-corrected chi connectivity index (χ4v) is 3.59. The van der Waals surface area contributed by atoms with Crippen molar-refractivity contribution in [1.82, 2.24) is 9.78 Å². The average molecular weight is 359 g/mol. The van der Waals surface area contributed by atoms with Gasteiger partial charge in [0.15, 0.2) is 0 Å². The van der Waals surface area contributed by atoms with Gasteiger partial charge in [-0.1, -0.05) is 0 Å². The van der Waals surface area contributed by atoms with Gasteiger partial charge in [0.1, 0.15) is 5.82 Å². The molecule has 7 heteroatoms. The van der Waals surface area contributed by atoms with E-state index in [-0.39, 0.29) is 17.0 Å². The number of hydrogen-bond acceptors (Lipinski definition) is 5. The van der Waals surface area contributed by atoms with Crippen LogP contribution in [0.2, 0.25) is 0 Å². The van der Waals surface area contributed by atoms with E-state index >= 15 is 0 Å². The van der Waals surface area contributed by atoms with Crippen LogP contribution in [0.15, 0.2) is 24.5 Å². The molecule has 2 aliphatic heterocycles. The summed E-state index contributed by atoms with van der Waals surface area (Å²) < 4.78 is 26.4. The molecule has 0 N–H and O–H groups in total. The molecular weight excluding hydrogens is 337 g/mol. The highest BCUT2D eigenvalue weighted by Crippen LogP contribution is 2.44. The minimum Gasteiger partial charge on any atom is -0.465 e. The molecule has 1 aromatic heterocycles. The number of aromatic nitrogens is 2. The van der Waals surface area contributed by atoms with E-state index in [4.69, 9.17) is 9.47 Å². The van der Waals surface area contributed by atoms with Crippen LogP contribution in [-0.4, -0.2) is 49.2 Å². The van der Waals surface area contributed by atoms with Crippen molar-refractivity contribution >= 4 is 11.7 Å². The Morgan fingerprint density at radius 1 is 1.35 bits per heavy atom. The molecule has 2 fully saturated rings. The molecule has 0 bridgehead atoms. The molecule has 0 amide bonds. The van der Waals surface area contributed by atoms with Crippen LogP contribution in [0.5, 0.6) is 0 Å². The van der Waals surface area contributed by atoms with E-state index in [1.807, 2.05) is 24.7 Å². The minimum absolute atomic E-state index is 0.0641. The van der Waals surface area contributed by atoms with E-state index in [0.717, 1.165) is 43.1 Å². The van der Waals surface area contributed by atoms with Crippen molar-refractivity contribution in [3.05, 3.63) is 35.9 Å². The van der Waals surface area contributed by atoms with E-state index in [0.29, 0.717) is 0 Å². The van der Waals surface area contributed by atoms with Gasteiger partial charge in [-0.25, -0.2) is 9.18 Å².